The fourth-order valence-corrected chi connectivity index (χ4v) is 1.98. The number of halogens is 1. The molecule has 1 aliphatic rings. The van der Waals surface area contributed by atoms with Crippen LogP contribution >= 0.6 is 0 Å². The van der Waals surface area contributed by atoms with Gasteiger partial charge in [0.05, 0.1) is 19.2 Å². The molecule has 1 fully saturated rings. The van der Waals surface area contributed by atoms with E-state index in [1.54, 1.807) is 0 Å². The average molecular weight is 219 g/mol. The molecule has 0 spiro atoms. The Morgan fingerprint density at radius 3 is 2.87 bits per heavy atom. The molecular weight excluding hydrogens is 201 g/mol. The molecule has 1 aliphatic heterocycles. The molecule has 0 saturated carbocycles. The maximum absolute atomic E-state index is 12.2. The lowest BCUT2D eigenvalue weighted by atomic mass is 9.92. The lowest BCUT2D eigenvalue weighted by molar-refractivity contribution is -0.137. The number of carboxylic acids is 1. The second-order valence-electron chi connectivity index (χ2n) is 4.04. The van der Waals surface area contributed by atoms with Crippen LogP contribution in [0.2, 0.25) is 0 Å². The molecule has 1 heterocycles. The van der Waals surface area contributed by atoms with Gasteiger partial charge in [0.2, 0.25) is 0 Å². The Morgan fingerprint density at radius 2 is 2.27 bits per heavy atom. The molecule has 0 radical (unpaired) electrons. The van der Waals surface area contributed by atoms with Crippen molar-refractivity contribution in [1.82, 2.24) is 4.90 Å². The van der Waals surface area contributed by atoms with E-state index < -0.39 is 18.7 Å². The number of hydrogen-bond donors (Lipinski definition) is 2. The van der Waals surface area contributed by atoms with Gasteiger partial charge in [-0.05, 0) is 12.8 Å². The predicted molar refractivity (Wildman–Crippen MR) is 53.4 cm³/mol. The average Bonchev–Trinajstić information content (AvgIpc) is 2.19. The van der Waals surface area contributed by atoms with Crippen LogP contribution in [-0.4, -0.2) is 53.5 Å². The number of aliphatic carboxylic acids is 1. The topological polar surface area (TPSA) is 60.8 Å². The van der Waals surface area contributed by atoms with Crippen LogP contribution in [0.4, 0.5) is 4.39 Å². The van der Waals surface area contributed by atoms with E-state index in [2.05, 4.69) is 0 Å². The number of likely N-dealkylation sites (tertiary alicyclic amines) is 1. The highest BCUT2D eigenvalue weighted by atomic mass is 19.1. The van der Waals surface area contributed by atoms with Crippen molar-refractivity contribution in [3.63, 3.8) is 0 Å². The van der Waals surface area contributed by atoms with Crippen molar-refractivity contribution >= 4 is 5.97 Å². The van der Waals surface area contributed by atoms with E-state index in [-0.39, 0.29) is 12.3 Å². The van der Waals surface area contributed by atoms with Crippen LogP contribution in [0.1, 0.15) is 19.3 Å². The van der Waals surface area contributed by atoms with Gasteiger partial charge in [-0.15, -0.1) is 0 Å². The second kappa shape index (κ2) is 6.02. The number of piperidine rings is 1. The smallest absolute Gasteiger partial charge is 0.304 e. The van der Waals surface area contributed by atoms with Gasteiger partial charge in [0.25, 0.3) is 0 Å². The van der Waals surface area contributed by atoms with Crippen molar-refractivity contribution in [3.8, 4) is 0 Å². The Balaban J connectivity index is 2.32. The zero-order valence-electron chi connectivity index (χ0n) is 8.73. The third kappa shape index (κ3) is 4.13. The predicted octanol–water partition coefficient (Wildman–Crippen LogP) is 0.503. The number of aliphatic hydroxyl groups excluding tert-OH is 1. The molecule has 88 valence electrons. The second-order valence-corrected chi connectivity index (χ2v) is 4.04. The Bertz CT molecular complexity index is 213. The van der Waals surface area contributed by atoms with Gasteiger partial charge >= 0.3 is 5.97 Å². The van der Waals surface area contributed by atoms with Crippen molar-refractivity contribution in [3.05, 3.63) is 0 Å². The van der Waals surface area contributed by atoms with Crippen molar-refractivity contribution < 1.29 is 19.4 Å². The highest BCUT2D eigenvalue weighted by Gasteiger charge is 2.27. The van der Waals surface area contributed by atoms with E-state index in [0.717, 1.165) is 0 Å². The summed E-state index contributed by atoms with van der Waals surface area (Å²) < 4.78 is 12.2. The number of nitrogens with zero attached hydrogens (tertiary/aromatic N) is 1. The molecule has 0 bridgehead atoms. The van der Waals surface area contributed by atoms with Crippen LogP contribution in [0.15, 0.2) is 0 Å². The number of hydrogen-bond acceptors (Lipinski definition) is 3. The minimum atomic E-state index is -0.817. The molecule has 0 aromatic carbocycles. The van der Waals surface area contributed by atoms with E-state index in [9.17, 15) is 14.3 Å². The normalized spacial score (nSPS) is 27.9. The van der Waals surface area contributed by atoms with E-state index in [0.29, 0.717) is 32.5 Å². The summed E-state index contributed by atoms with van der Waals surface area (Å²) in [4.78, 5) is 12.4. The molecular formula is C10H18FNO3. The molecule has 2 N–H and O–H groups in total. The van der Waals surface area contributed by atoms with Gasteiger partial charge in [0.1, 0.15) is 0 Å². The van der Waals surface area contributed by atoms with E-state index >= 15 is 0 Å². The number of carbonyl (C=O) groups is 1. The molecule has 0 amide bonds. The maximum atomic E-state index is 12.2. The van der Waals surface area contributed by atoms with E-state index in [4.69, 9.17) is 5.11 Å². The molecule has 2 atom stereocenters. The van der Waals surface area contributed by atoms with Crippen LogP contribution in [0.5, 0.6) is 0 Å². The summed E-state index contributed by atoms with van der Waals surface area (Å²) in [6, 6.07) is 0. The van der Waals surface area contributed by atoms with Crippen LogP contribution < -0.4 is 0 Å². The number of rotatable bonds is 5. The van der Waals surface area contributed by atoms with Crippen LogP contribution in [0, 0.1) is 5.92 Å². The molecule has 0 unspecified atom stereocenters. The summed E-state index contributed by atoms with van der Waals surface area (Å²) in [7, 11) is 0. The fourth-order valence-electron chi connectivity index (χ4n) is 1.98. The Hall–Kier alpha value is -0.680. The Kier molecular flexibility index (Phi) is 4.98. The first-order chi connectivity index (χ1) is 7.13. The van der Waals surface area contributed by atoms with Gasteiger partial charge in [-0.3, -0.25) is 9.18 Å². The highest BCUT2D eigenvalue weighted by molar-refractivity contribution is 5.66. The lowest BCUT2D eigenvalue weighted by Gasteiger charge is -2.35. The quantitative estimate of drug-likeness (QED) is 0.707. The minimum Gasteiger partial charge on any atom is -0.481 e. The van der Waals surface area contributed by atoms with Gasteiger partial charge in [-0.1, -0.05) is 0 Å². The summed E-state index contributed by atoms with van der Waals surface area (Å²) >= 11 is 0. The molecule has 15 heavy (non-hydrogen) atoms. The van der Waals surface area contributed by atoms with Gasteiger partial charge in [0, 0.05) is 25.6 Å². The van der Waals surface area contributed by atoms with E-state index in [1.165, 1.54) is 0 Å². The first-order valence-corrected chi connectivity index (χ1v) is 5.31. The molecule has 0 aromatic rings. The van der Waals surface area contributed by atoms with Gasteiger partial charge in [-0.2, -0.15) is 0 Å². The third-order valence-electron chi connectivity index (χ3n) is 2.90. The molecule has 4 nitrogen and oxygen atoms in total. The van der Waals surface area contributed by atoms with Crippen molar-refractivity contribution in [1.29, 1.82) is 0 Å². The van der Waals surface area contributed by atoms with Crippen molar-refractivity contribution in [2.75, 3.05) is 26.3 Å². The summed E-state index contributed by atoms with van der Waals surface area (Å²) in [5.74, 6) is -0.860. The highest BCUT2D eigenvalue weighted by Crippen LogP contribution is 2.20. The van der Waals surface area contributed by atoms with Crippen LogP contribution in [0.3, 0.4) is 0 Å². The first kappa shape index (κ1) is 12.4. The lowest BCUT2D eigenvalue weighted by Crippen LogP contribution is -2.44. The molecule has 1 saturated heterocycles. The number of carboxylic acid groups (broad SMARTS) is 1. The molecule has 0 aromatic heterocycles. The maximum Gasteiger partial charge on any atom is 0.304 e. The minimum absolute atomic E-state index is 0.0439. The summed E-state index contributed by atoms with van der Waals surface area (Å²) in [6.45, 7) is 1.38. The standard InChI is InChI=1S/C10H18FNO3/c11-4-1-8-7-12(5-2-9(8)13)6-3-10(14)15/h8-9,13H,1-7H2,(H,14,15)/t8-,9-/m0/s1. The number of aliphatic hydroxyl groups is 1. The first-order valence-electron chi connectivity index (χ1n) is 5.31. The third-order valence-corrected chi connectivity index (χ3v) is 2.90. The summed E-state index contributed by atoms with van der Waals surface area (Å²) in [5.41, 5.74) is 0. The van der Waals surface area contributed by atoms with Gasteiger partial charge in [-0.25, -0.2) is 0 Å². The number of alkyl halides is 1. The van der Waals surface area contributed by atoms with Crippen LogP contribution in [0.25, 0.3) is 0 Å². The van der Waals surface area contributed by atoms with Crippen LogP contribution in [-0.2, 0) is 4.79 Å². The summed E-state index contributed by atoms with van der Waals surface area (Å²) in [5, 5.41) is 18.1. The zero-order chi connectivity index (χ0) is 11.3. The summed E-state index contributed by atoms with van der Waals surface area (Å²) in [6.07, 6.45) is 0.662. The van der Waals surface area contributed by atoms with Gasteiger partial charge < -0.3 is 15.1 Å². The Labute approximate surface area is 88.7 Å². The zero-order valence-corrected chi connectivity index (χ0v) is 8.73. The fraction of sp³-hybridized carbons (Fsp3) is 0.900. The van der Waals surface area contributed by atoms with Gasteiger partial charge in [0.15, 0.2) is 0 Å². The SMILES string of the molecule is O=C(O)CCN1CC[C@H](O)[C@@H](CCF)C1. The van der Waals surface area contributed by atoms with Crippen molar-refractivity contribution in [2.24, 2.45) is 5.92 Å². The monoisotopic (exact) mass is 219 g/mol. The van der Waals surface area contributed by atoms with Crippen molar-refractivity contribution in [2.45, 2.75) is 25.4 Å². The largest absolute Gasteiger partial charge is 0.481 e. The van der Waals surface area contributed by atoms with E-state index in [1.807, 2.05) is 4.90 Å². The Morgan fingerprint density at radius 1 is 1.53 bits per heavy atom. The molecule has 1 rings (SSSR count). The molecule has 5 heteroatoms. The molecule has 0 aliphatic carbocycles.